The molecule has 0 bridgehead atoms. The summed E-state index contributed by atoms with van der Waals surface area (Å²) >= 11 is 0. The molecule has 1 aromatic carbocycles. The minimum absolute atomic E-state index is 0. The van der Waals surface area contributed by atoms with Crippen molar-refractivity contribution in [2.45, 2.75) is 130 Å². The van der Waals surface area contributed by atoms with E-state index in [9.17, 15) is 4.79 Å². The Balaban J connectivity index is 0.00000760. The summed E-state index contributed by atoms with van der Waals surface area (Å²) in [5.41, 5.74) is 1.87. The molecule has 1 aliphatic heterocycles. The van der Waals surface area contributed by atoms with Crippen LogP contribution in [0.25, 0.3) is 0 Å². The number of hydrogen-bond acceptors (Lipinski definition) is 3. The van der Waals surface area contributed by atoms with E-state index in [2.05, 4.69) is 55.7 Å². The lowest BCUT2D eigenvalue weighted by Crippen LogP contribution is -3.15. The Morgan fingerprint density at radius 1 is 0.923 bits per heavy atom. The second-order valence-corrected chi connectivity index (χ2v) is 12.1. The molecule has 0 spiro atoms. The fourth-order valence-electron chi connectivity index (χ4n) is 5.79. The zero-order valence-electron chi connectivity index (χ0n) is 25.5. The summed E-state index contributed by atoms with van der Waals surface area (Å²) in [7, 11) is 0. The summed E-state index contributed by atoms with van der Waals surface area (Å²) in [5, 5.41) is 0. The van der Waals surface area contributed by atoms with Crippen LogP contribution in [-0.2, 0) is 16.1 Å². The summed E-state index contributed by atoms with van der Waals surface area (Å²) in [6, 6.07) is 10.8. The average Bonchev–Trinajstić information content (AvgIpc) is 3.27. The van der Waals surface area contributed by atoms with Crippen molar-refractivity contribution in [3.8, 4) is 0 Å². The van der Waals surface area contributed by atoms with E-state index in [4.69, 9.17) is 4.74 Å². The van der Waals surface area contributed by atoms with Gasteiger partial charge in [-0.15, -0.1) is 0 Å². The number of carbonyl (C=O) groups excluding carboxylic acids is 1. The van der Waals surface area contributed by atoms with Gasteiger partial charge in [0.1, 0.15) is 19.3 Å². The van der Waals surface area contributed by atoms with Crippen molar-refractivity contribution in [2.75, 3.05) is 26.2 Å². The molecule has 0 saturated carbocycles. The molecule has 2 unspecified atom stereocenters. The van der Waals surface area contributed by atoms with Crippen molar-refractivity contribution in [3.05, 3.63) is 48.0 Å². The van der Waals surface area contributed by atoms with Crippen molar-refractivity contribution in [2.24, 2.45) is 5.92 Å². The van der Waals surface area contributed by atoms with Crippen LogP contribution >= 0.6 is 0 Å². The van der Waals surface area contributed by atoms with Crippen LogP contribution in [0.2, 0.25) is 0 Å². The molecule has 1 aromatic rings. The Morgan fingerprint density at radius 3 is 2.00 bits per heavy atom. The largest absolute Gasteiger partial charge is 1.00 e. The summed E-state index contributed by atoms with van der Waals surface area (Å²) < 4.78 is 5.42. The highest BCUT2D eigenvalue weighted by Crippen LogP contribution is 2.16. The predicted molar refractivity (Wildman–Crippen MR) is 161 cm³/mol. The van der Waals surface area contributed by atoms with E-state index in [1.807, 2.05) is 0 Å². The maximum absolute atomic E-state index is 11.8. The van der Waals surface area contributed by atoms with Gasteiger partial charge in [-0.25, -0.2) is 9.69 Å². The number of benzene rings is 1. The molecule has 0 aliphatic carbocycles. The van der Waals surface area contributed by atoms with E-state index in [-0.39, 0.29) is 18.4 Å². The quantitative estimate of drug-likeness (QED) is 0.130. The van der Waals surface area contributed by atoms with E-state index in [1.165, 1.54) is 102 Å². The van der Waals surface area contributed by atoms with Crippen LogP contribution in [-0.4, -0.2) is 43.3 Å². The first kappa shape index (κ1) is 35.7. The molecule has 1 saturated heterocycles. The number of esters is 1. The normalized spacial score (nSPS) is 17.3. The summed E-state index contributed by atoms with van der Waals surface area (Å²) in [5.74, 6) is 0.603. The highest BCUT2D eigenvalue weighted by atomic mass is 35.5. The Labute approximate surface area is 247 Å². The number of ether oxygens (including phenoxy) is 1. The number of nitrogens with zero attached hydrogens (tertiary/aromatic N) is 1. The second-order valence-electron chi connectivity index (χ2n) is 12.1. The lowest BCUT2D eigenvalue weighted by molar-refractivity contribution is -0.919. The van der Waals surface area contributed by atoms with Crippen LogP contribution in [0.5, 0.6) is 0 Å². The van der Waals surface area contributed by atoms with Gasteiger partial charge in [-0.2, -0.15) is 0 Å². The van der Waals surface area contributed by atoms with Gasteiger partial charge in [-0.1, -0.05) is 134 Å². The number of rotatable bonds is 22. The lowest BCUT2D eigenvalue weighted by Gasteiger charge is -2.27. The molecule has 1 aliphatic rings. The molecule has 224 valence electrons. The first-order chi connectivity index (χ1) is 18.5. The third kappa shape index (κ3) is 16.5. The molecule has 1 heterocycles. The number of halogens is 1. The predicted octanol–water partition coefficient (Wildman–Crippen LogP) is 4.34. The Bertz CT molecular complexity index is 755. The Morgan fingerprint density at radius 2 is 1.46 bits per heavy atom. The van der Waals surface area contributed by atoms with Gasteiger partial charge in [0, 0.05) is 18.5 Å². The SMILES string of the molecule is C=C(C)C(=O)OCC[NH+]1CCN(Cc2ccccc2)C1CCCCCCCCCCCCCCCC(C)C.[Cl-]. The second kappa shape index (κ2) is 22.3. The summed E-state index contributed by atoms with van der Waals surface area (Å²) in [6.07, 6.45) is 21.4. The molecule has 1 N–H and O–H groups in total. The molecule has 1 fully saturated rings. The number of carbonyl (C=O) groups is 1. The van der Waals surface area contributed by atoms with Crippen molar-refractivity contribution >= 4 is 5.97 Å². The first-order valence-corrected chi connectivity index (χ1v) is 15.9. The smallest absolute Gasteiger partial charge is 0.333 e. The molecule has 2 rings (SSSR count). The summed E-state index contributed by atoms with van der Waals surface area (Å²) in [6.45, 7) is 14.7. The highest BCUT2D eigenvalue weighted by molar-refractivity contribution is 5.86. The molecule has 5 heteroatoms. The van der Waals surface area contributed by atoms with E-state index in [1.54, 1.807) is 11.8 Å². The van der Waals surface area contributed by atoms with Crippen LogP contribution < -0.4 is 17.3 Å². The van der Waals surface area contributed by atoms with Crippen molar-refractivity contribution in [1.82, 2.24) is 4.90 Å². The monoisotopic (exact) mass is 562 g/mol. The van der Waals surface area contributed by atoms with Gasteiger partial charge in [-0.05, 0) is 24.8 Å². The standard InChI is InChI=1S/C34H58N2O2.ClH/c1-30(2)21-17-14-12-10-8-6-5-7-9-11-13-15-20-24-33-35(27-28-38-34(37)31(3)4)25-26-36(33)29-32-22-18-16-19-23-32;/h16,18-19,22-23,30,33H,3,5-15,17,20-21,24-29H2,1-2,4H3;1H. The van der Waals surface area contributed by atoms with E-state index < -0.39 is 0 Å². The zero-order valence-corrected chi connectivity index (χ0v) is 26.3. The van der Waals surface area contributed by atoms with E-state index >= 15 is 0 Å². The number of hydrogen-bond donors (Lipinski definition) is 1. The van der Waals surface area contributed by atoms with Crippen LogP contribution in [0.3, 0.4) is 0 Å². The number of quaternary nitrogens is 1. The summed E-state index contributed by atoms with van der Waals surface area (Å²) in [4.78, 5) is 16.0. The molecule has 0 amide bonds. The van der Waals surface area contributed by atoms with Gasteiger partial charge in [-0.3, -0.25) is 0 Å². The minimum atomic E-state index is -0.265. The van der Waals surface area contributed by atoms with E-state index in [0.717, 1.165) is 32.1 Å². The molecule has 0 aromatic heterocycles. The van der Waals surface area contributed by atoms with Crippen LogP contribution in [0, 0.1) is 5.92 Å². The van der Waals surface area contributed by atoms with Gasteiger partial charge < -0.3 is 22.0 Å². The molecule has 4 nitrogen and oxygen atoms in total. The van der Waals surface area contributed by atoms with Gasteiger partial charge in [0.25, 0.3) is 0 Å². The van der Waals surface area contributed by atoms with Gasteiger partial charge in [0.2, 0.25) is 0 Å². The number of nitrogens with one attached hydrogen (secondary N) is 1. The molecular weight excluding hydrogens is 504 g/mol. The topological polar surface area (TPSA) is 34.0 Å². The van der Waals surface area contributed by atoms with Crippen molar-refractivity contribution in [1.29, 1.82) is 0 Å². The lowest BCUT2D eigenvalue weighted by atomic mass is 10.0. The minimum Gasteiger partial charge on any atom is -1.00 e. The third-order valence-electron chi connectivity index (χ3n) is 8.12. The zero-order chi connectivity index (χ0) is 27.4. The Hall–Kier alpha value is -1.36. The van der Waals surface area contributed by atoms with E-state index in [0.29, 0.717) is 18.3 Å². The maximum Gasteiger partial charge on any atom is 0.333 e. The van der Waals surface area contributed by atoms with Crippen molar-refractivity contribution in [3.63, 3.8) is 0 Å². The highest BCUT2D eigenvalue weighted by Gasteiger charge is 2.35. The van der Waals surface area contributed by atoms with Crippen LogP contribution in [0.15, 0.2) is 42.5 Å². The number of unbranched alkanes of at least 4 members (excludes halogenated alkanes) is 12. The van der Waals surface area contributed by atoms with Gasteiger partial charge in [0.15, 0.2) is 0 Å². The first-order valence-electron chi connectivity index (χ1n) is 15.9. The van der Waals surface area contributed by atoms with Crippen LogP contribution in [0.4, 0.5) is 0 Å². The molecular formula is C34H59ClN2O2. The van der Waals surface area contributed by atoms with Crippen LogP contribution in [0.1, 0.15) is 123 Å². The van der Waals surface area contributed by atoms with Gasteiger partial charge in [0.05, 0.1) is 13.1 Å². The maximum atomic E-state index is 11.8. The van der Waals surface area contributed by atoms with Gasteiger partial charge >= 0.3 is 5.97 Å². The molecule has 0 radical (unpaired) electrons. The fraction of sp³-hybridized carbons (Fsp3) is 0.735. The Kier molecular flexibility index (Phi) is 20.4. The average molecular weight is 563 g/mol. The third-order valence-corrected chi connectivity index (χ3v) is 8.12. The molecule has 39 heavy (non-hydrogen) atoms. The fourth-order valence-corrected chi connectivity index (χ4v) is 5.79. The van der Waals surface area contributed by atoms with Crippen molar-refractivity contribution < 1.29 is 26.8 Å². The molecule has 2 atom stereocenters.